The Morgan fingerprint density at radius 2 is 2.15 bits per heavy atom. The molecular formula is C15H11N3S2. The Bertz CT molecular complexity index is 885. The van der Waals surface area contributed by atoms with Crippen LogP contribution >= 0.6 is 22.7 Å². The third kappa shape index (κ3) is 1.78. The van der Waals surface area contributed by atoms with Crippen LogP contribution in [0.4, 0.5) is 0 Å². The zero-order chi connectivity index (χ0) is 13.5. The number of H-pyrrole nitrogens is 1. The van der Waals surface area contributed by atoms with Gasteiger partial charge in [0.1, 0.15) is 10.7 Å². The Labute approximate surface area is 124 Å². The number of aromatic amines is 1. The minimum atomic E-state index is 0.907. The Kier molecular flexibility index (Phi) is 2.68. The molecule has 5 heteroatoms. The average molecular weight is 297 g/mol. The molecule has 0 aliphatic rings. The number of hydrogen-bond acceptors (Lipinski definition) is 4. The van der Waals surface area contributed by atoms with Crippen LogP contribution in [-0.4, -0.2) is 15.0 Å². The van der Waals surface area contributed by atoms with Crippen LogP contribution in [0.2, 0.25) is 0 Å². The average Bonchev–Trinajstić information content (AvgIpc) is 3.15. The van der Waals surface area contributed by atoms with Crippen molar-refractivity contribution >= 4 is 33.7 Å². The number of nitrogens with zero attached hydrogens (tertiary/aromatic N) is 2. The second-order valence-electron chi connectivity index (χ2n) is 4.57. The largest absolute Gasteiger partial charge is 0.345 e. The lowest BCUT2D eigenvalue weighted by atomic mass is 10.2. The number of thiophene rings is 1. The summed E-state index contributed by atoms with van der Waals surface area (Å²) in [5.41, 5.74) is 4.32. The van der Waals surface area contributed by atoms with Crippen LogP contribution in [0, 0.1) is 6.92 Å². The van der Waals surface area contributed by atoms with E-state index in [4.69, 9.17) is 4.98 Å². The Morgan fingerprint density at radius 1 is 1.20 bits per heavy atom. The zero-order valence-corrected chi connectivity index (χ0v) is 12.4. The lowest BCUT2D eigenvalue weighted by molar-refractivity contribution is 1.32. The van der Waals surface area contributed by atoms with Gasteiger partial charge in [-0.3, -0.25) is 0 Å². The highest BCUT2D eigenvalue weighted by molar-refractivity contribution is 7.20. The molecule has 0 saturated heterocycles. The standard InChI is InChI=1S/C15H11N3S2/c1-9-4-6-19-13(9)15-18-12(8-20-15)11-7-17-14-10(11)3-2-5-16-14/h2-8H,1H3,(H,16,17). The number of rotatable bonds is 2. The molecule has 20 heavy (non-hydrogen) atoms. The Balaban J connectivity index is 1.84. The fraction of sp³-hybridized carbons (Fsp3) is 0.0667. The molecule has 0 radical (unpaired) electrons. The molecule has 0 aliphatic heterocycles. The molecule has 3 nitrogen and oxygen atoms in total. The number of pyridine rings is 1. The van der Waals surface area contributed by atoms with Crippen LogP contribution in [0.5, 0.6) is 0 Å². The summed E-state index contributed by atoms with van der Waals surface area (Å²) in [4.78, 5) is 13.6. The third-order valence-corrected chi connectivity index (χ3v) is 5.30. The van der Waals surface area contributed by atoms with Crippen LogP contribution < -0.4 is 0 Å². The first-order valence-corrected chi connectivity index (χ1v) is 8.01. The zero-order valence-electron chi connectivity index (χ0n) is 10.8. The first kappa shape index (κ1) is 11.8. The van der Waals surface area contributed by atoms with Crippen LogP contribution in [0.15, 0.2) is 41.4 Å². The van der Waals surface area contributed by atoms with Crippen LogP contribution in [0.25, 0.3) is 32.2 Å². The van der Waals surface area contributed by atoms with E-state index in [-0.39, 0.29) is 0 Å². The molecule has 0 aliphatic carbocycles. The second kappa shape index (κ2) is 4.54. The van der Waals surface area contributed by atoms with E-state index < -0.39 is 0 Å². The van der Waals surface area contributed by atoms with Gasteiger partial charge in [0.05, 0.1) is 10.6 Å². The van der Waals surface area contributed by atoms with E-state index in [2.05, 4.69) is 39.8 Å². The lowest BCUT2D eigenvalue weighted by Crippen LogP contribution is -1.78. The van der Waals surface area contributed by atoms with Gasteiger partial charge in [-0.1, -0.05) is 0 Å². The minimum absolute atomic E-state index is 0.907. The van der Waals surface area contributed by atoms with Gasteiger partial charge in [-0.2, -0.15) is 0 Å². The van der Waals surface area contributed by atoms with Gasteiger partial charge in [-0.15, -0.1) is 22.7 Å². The van der Waals surface area contributed by atoms with Crippen molar-refractivity contribution in [1.29, 1.82) is 0 Å². The summed E-state index contributed by atoms with van der Waals surface area (Å²) in [6, 6.07) is 6.16. The van der Waals surface area contributed by atoms with E-state index in [1.54, 1.807) is 28.9 Å². The maximum Gasteiger partial charge on any atom is 0.137 e. The maximum absolute atomic E-state index is 4.79. The molecule has 1 N–H and O–H groups in total. The molecule has 0 spiro atoms. The maximum atomic E-state index is 4.79. The van der Waals surface area contributed by atoms with E-state index in [0.717, 1.165) is 27.3 Å². The number of hydrogen-bond donors (Lipinski definition) is 1. The molecule has 4 aromatic rings. The molecule has 4 rings (SSSR count). The molecule has 0 unspecified atom stereocenters. The number of thiazole rings is 1. The molecule has 98 valence electrons. The van der Waals surface area contributed by atoms with Crippen molar-refractivity contribution in [3.8, 4) is 21.1 Å². The van der Waals surface area contributed by atoms with E-state index in [1.807, 2.05) is 12.3 Å². The number of aromatic nitrogens is 3. The van der Waals surface area contributed by atoms with Gasteiger partial charge < -0.3 is 4.98 Å². The summed E-state index contributed by atoms with van der Waals surface area (Å²) in [5.74, 6) is 0. The van der Waals surface area contributed by atoms with E-state index in [1.165, 1.54) is 10.4 Å². The van der Waals surface area contributed by atoms with Gasteiger partial charge in [0, 0.05) is 28.7 Å². The third-order valence-electron chi connectivity index (χ3n) is 3.29. The lowest BCUT2D eigenvalue weighted by Gasteiger charge is -1.94. The van der Waals surface area contributed by atoms with Gasteiger partial charge >= 0.3 is 0 Å². The van der Waals surface area contributed by atoms with E-state index >= 15 is 0 Å². The molecule has 0 saturated carbocycles. The highest BCUT2D eigenvalue weighted by Gasteiger charge is 2.13. The fourth-order valence-corrected chi connectivity index (χ4v) is 4.18. The number of nitrogens with one attached hydrogen (secondary N) is 1. The van der Waals surface area contributed by atoms with Crippen LogP contribution in [-0.2, 0) is 0 Å². The van der Waals surface area contributed by atoms with Crippen molar-refractivity contribution in [2.45, 2.75) is 6.92 Å². The molecule has 0 atom stereocenters. The Hall–Kier alpha value is -1.98. The van der Waals surface area contributed by atoms with Gasteiger partial charge in [0.2, 0.25) is 0 Å². The summed E-state index contributed by atoms with van der Waals surface area (Å²) in [6.45, 7) is 2.13. The topological polar surface area (TPSA) is 41.6 Å². The predicted molar refractivity (Wildman–Crippen MR) is 85.3 cm³/mol. The predicted octanol–water partition coefficient (Wildman–Crippen LogP) is 4.72. The number of fused-ring (bicyclic) bond motifs is 1. The quantitative estimate of drug-likeness (QED) is 0.581. The summed E-state index contributed by atoms with van der Waals surface area (Å²) < 4.78 is 0. The molecule has 0 fully saturated rings. The van der Waals surface area contributed by atoms with Gasteiger partial charge in [0.25, 0.3) is 0 Å². The molecule has 4 aromatic heterocycles. The first-order valence-electron chi connectivity index (χ1n) is 6.25. The fourth-order valence-electron chi connectivity index (χ4n) is 2.26. The second-order valence-corrected chi connectivity index (χ2v) is 6.35. The van der Waals surface area contributed by atoms with Crippen molar-refractivity contribution in [2.24, 2.45) is 0 Å². The van der Waals surface area contributed by atoms with Gasteiger partial charge in [-0.25, -0.2) is 9.97 Å². The minimum Gasteiger partial charge on any atom is -0.345 e. The monoisotopic (exact) mass is 297 g/mol. The van der Waals surface area contributed by atoms with Gasteiger partial charge in [0.15, 0.2) is 0 Å². The van der Waals surface area contributed by atoms with E-state index in [9.17, 15) is 0 Å². The molecular weight excluding hydrogens is 286 g/mol. The normalized spacial score (nSPS) is 11.2. The Morgan fingerprint density at radius 3 is 3.00 bits per heavy atom. The summed E-state index contributed by atoms with van der Waals surface area (Å²) >= 11 is 3.44. The van der Waals surface area contributed by atoms with Crippen molar-refractivity contribution in [3.05, 3.63) is 46.9 Å². The summed E-state index contributed by atoms with van der Waals surface area (Å²) in [6.07, 6.45) is 3.78. The smallest absolute Gasteiger partial charge is 0.137 e. The number of aryl methyl sites for hydroxylation is 1. The van der Waals surface area contributed by atoms with Crippen molar-refractivity contribution in [3.63, 3.8) is 0 Å². The highest BCUT2D eigenvalue weighted by Crippen LogP contribution is 2.35. The van der Waals surface area contributed by atoms with Crippen molar-refractivity contribution in [1.82, 2.24) is 15.0 Å². The summed E-state index contributed by atoms with van der Waals surface area (Å²) in [7, 11) is 0. The van der Waals surface area contributed by atoms with Crippen molar-refractivity contribution < 1.29 is 0 Å². The SMILES string of the molecule is Cc1ccsc1-c1nc(-c2c[nH]c3ncccc23)cs1. The summed E-state index contributed by atoms with van der Waals surface area (Å²) in [5, 5.41) is 6.43. The van der Waals surface area contributed by atoms with Crippen LogP contribution in [0.3, 0.4) is 0 Å². The van der Waals surface area contributed by atoms with Crippen molar-refractivity contribution in [2.75, 3.05) is 0 Å². The highest BCUT2D eigenvalue weighted by atomic mass is 32.1. The van der Waals surface area contributed by atoms with Crippen LogP contribution in [0.1, 0.15) is 5.56 Å². The van der Waals surface area contributed by atoms with E-state index in [0.29, 0.717) is 0 Å². The van der Waals surface area contributed by atoms with Gasteiger partial charge in [-0.05, 0) is 36.1 Å². The molecule has 0 bridgehead atoms. The molecule has 0 aromatic carbocycles. The molecule has 4 heterocycles. The molecule has 0 amide bonds. The first-order chi connectivity index (χ1) is 9.83.